The molecule has 15 heavy (non-hydrogen) atoms. The normalized spacial score (nSPS) is 12.9. The SMILES string of the molecule is CCS(=O)(=O)CCCCCCS(=O)(=O)O. The molecule has 0 aliphatic heterocycles. The van der Waals surface area contributed by atoms with Crippen molar-refractivity contribution in [3.8, 4) is 0 Å². The standard InChI is InChI=1S/C8H18O5S2/c1-2-14(9,10)7-5-3-4-6-8-15(11,12)13/h2-8H2,1H3,(H,11,12,13). The van der Waals surface area contributed by atoms with Gasteiger partial charge in [-0.05, 0) is 12.8 Å². The summed E-state index contributed by atoms with van der Waals surface area (Å²) < 4.78 is 51.2. The van der Waals surface area contributed by atoms with Gasteiger partial charge in [-0.25, -0.2) is 8.42 Å². The van der Waals surface area contributed by atoms with Gasteiger partial charge in [0.25, 0.3) is 10.1 Å². The molecule has 0 aliphatic carbocycles. The topological polar surface area (TPSA) is 88.5 Å². The van der Waals surface area contributed by atoms with Gasteiger partial charge in [-0.15, -0.1) is 0 Å². The van der Waals surface area contributed by atoms with Crippen LogP contribution in [0.4, 0.5) is 0 Å². The van der Waals surface area contributed by atoms with Crippen molar-refractivity contribution >= 4 is 20.0 Å². The van der Waals surface area contributed by atoms with Crippen LogP contribution in [0.3, 0.4) is 0 Å². The maximum Gasteiger partial charge on any atom is 0.264 e. The molecule has 5 nitrogen and oxygen atoms in total. The van der Waals surface area contributed by atoms with E-state index in [9.17, 15) is 16.8 Å². The Kier molecular flexibility index (Phi) is 6.38. The molecule has 0 aromatic rings. The van der Waals surface area contributed by atoms with E-state index in [1.807, 2.05) is 0 Å². The third-order valence-corrected chi connectivity index (χ3v) is 4.64. The molecule has 0 aromatic carbocycles. The Morgan fingerprint density at radius 3 is 1.73 bits per heavy atom. The minimum atomic E-state index is -3.86. The average molecular weight is 258 g/mol. The quantitative estimate of drug-likeness (QED) is 0.515. The highest BCUT2D eigenvalue weighted by molar-refractivity contribution is 7.91. The summed E-state index contributed by atoms with van der Waals surface area (Å²) in [5, 5.41) is 0. The Morgan fingerprint density at radius 2 is 1.33 bits per heavy atom. The molecule has 7 heteroatoms. The lowest BCUT2D eigenvalue weighted by Crippen LogP contribution is -2.08. The van der Waals surface area contributed by atoms with E-state index in [0.29, 0.717) is 25.7 Å². The highest BCUT2D eigenvalue weighted by Gasteiger charge is 2.07. The van der Waals surface area contributed by atoms with Gasteiger partial charge in [-0.3, -0.25) is 4.55 Å². The summed E-state index contributed by atoms with van der Waals surface area (Å²) in [6.07, 6.45) is 2.24. The molecule has 0 unspecified atom stereocenters. The summed E-state index contributed by atoms with van der Waals surface area (Å²) in [5.41, 5.74) is 0. The molecule has 92 valence electrons. The van der Waals surface area contributed by atoms with E-state index in [0.717, 1.165) is 0 Å². The van der Waals surface area contributed by atoms with Crippen LogP contribution in [0.2, 0.25) is 0 Å². The molecule has 0 amide bonds. The number of sulfone groups is 1. The second-order valence-electron chi connectivity index (χ2n) is 3.44. The van der Waals surface area contributed by atoms with Crippen LogP contribution in [0.15, 0.2) is 0 Å². The van der Waals surface area contributed by atoms with E-state index in [1.165, 1.54) is 0 Å². The van der Waals surface area contributed by atoms with Crippen LogP contribution in [0.25, 0.3) is 0 Å². The summed E-state index contributed by atoms with van der Waals surface area (Å²) >= 11 is 0. The van der Waals surface area contributed by atoms with Crippen LogP contribution in [0, 0.1) is 0 Å². The summed E-state index contributed by atoms with van der Waals surface area (Å²) in [7, 11) is -6.77. The van der Waals surface area contributed by atoms with E-state index in [2.05, 4.69) is 0 Å². The summed E-state index contributed by atoms with van der Waals surface area (Å²) in [4.78, 5) is 0. The number of unbranched alkanes of at least 4 members (excludes halogenated alkanes) is 3. The highest BCUT2D eigenvalue weighted by Crippen LogP contribution is 2.04. The summed E-state index contributed by atoms with van der Waals surface area (Å²) in [6, 6.07) is 0. The molecular formula is C8H18O5S2. The molecule has 0 fully saturated rings. The molecule has 0 saturated heterocycles. The molecule has 0 radical (unpaired) electrons. The zero-order valence-corrected chi connectivity index (χ0v) is 10.5. The van der Waals surface area contributed by atoms with Crippen molar-refractivity contribution in [3.63, 3.8) is 0 Å². The predicted octanol–water partition coefficient (Wildman–Crippen LogP) is 0.869. The van der Waals surface area contributed by atoms with E-state index >= 15 is 0 Å². The molecule has 0 spiro atoms. The molecule has 0 rings (SSSR count). The Hall–Kier alpha value is -0.140. The van der Waals surface area contributed by atoms with E-state index in [1.54, 1.807) is 6.92 Å². The van der Waals surface area contributed by atoms with E-state index in [4.69, 9.17) is 4.55 Å². The second kappa shape index (κ2) is 6.44. The van der Waals surface area contributed by atoms with Crippen molar-refractivity contribution in [3.05, 3.63) is 0 Å². The fourth-order valence-electron chi connectivity index (χ4n) is 1.10. The third-order valence-electron chi connectivity index (χ3n) is 2.05. The van der Waals surface area contributed by atoms with Gasteiger partial charge in [-0.2, -0.15) is 8.42 Å². The average Bonchev–Trinajstić information content (AvgIpc) is 2.09. The first-order valence-electron chi connectivity index (χ1n) is 4.92. The molecule has 0 aliphatic rings. The first-order valence-corrected chi connectivity index (χ1v) is 8.35. The van der Waals surface area contributed by atoms with Crippen LogP contribution in [-0.2, 0) is 20.0 Å². The smallest absolute Gasteiger partial charge is 0.264 e. The van der Waals surface area contributed by atoms with Crippen molar-refractivity contribution in [1.29, 1.82) is 0 Å². The van der Waals surface area contributed by atoms with Gasteiger partial charge in [0.05, 0.1) is 11.5 Å². The zero-order chi connectivity index (χ0) is 11.9. The summed E-state index contributed by atoms with van der Waals surface area (Å²) in [5.74, 6) is 0.0704. The Balaban J connectivity index is 3.50. The number of hydrogen-bond donors (Lipinski definition) is 1. The molecule has 1 N–H and O–H groups in total. The van der Waals surface area contributed by atoms with Crippen LogP contribution >= 0.6 is 0 Å². The van der Waals surface area contributed by atoms with Gasteiger partial charge in [-0.1, -0.05) is 19.8 Å². The van der Waals surface area contributed by atoms with Gasteiger partial charge in [0, 0.05) is 5.75 Å². The van der Waals surface area contributed by atoms with Crippen molar-refractivity contribution in [1.82, 2.24) is 0 Å². The largest absolute Gasteiger partial charge is 0.286 e. The fraction of sp³-hybridized carbons (Fsp3) is 1.00. The van der Waals surface area contributed by atoms with Crippen LogP contribution in [-0.4, -0.2) is 38.6 Å². The minimum Gasteiger partial charge on any atom is -0.286 e. The lowest BCUT2D eigenvalue weighted by Gasteiger charge is -2.01. The van der Waals surface area contributed by atoms with Gasteiger partial charge in [0.15, 0.2) is 0 Å². The lowest BCUT2D eigenvalue weighted by molar-refractivity contribution is 0.479. The van der Waals surface area contributed by atoms with Gasteiger partial charge < -0.3 is 0 Å². The molecular weight excluding hydrogens is 240 g/mol. The van der Waals surface area contributed by atoms with Gasteiger partial charge in [0.2, 0.25) is 0 Å². The molecule has 0 heterocycles. The van der Waals surface area contributed by atoms with Gasteiger partial charge >= 0.3 is 0 Å². The molecule has 0 aromatic heterocycles. The van der Waals surface area contributed by atoms with E-state index < -0.39 is 20.0 Å². The molecule has 0 bridgehead atoms. The second-order valence-corrected chi connectivity index (χ2v) is 7.48. The third kappa shape index (κ3) is 10.1. The van der Waals surface area contributed by atoms with Gasteiger partial charge in [0.1, 0.15) is 9.84 Å². The van der Waals surface area contributed by atoms with Crippen LogP contribution in [0.5, 0.6) is 0 Å². The van der Waals surface area contributed by atoms with Crippen molar-refractivity contribution in [2.45, 2.75) is 32.6 Å². The van der Waals surface area contributed by atoms with Crippen LogP contribution < -0.4 is 0 Å². The maximum atomic E-state index is 11.1. The highest BCUT2D eigenvalue weighted by atomic mass is 32.2. The predicted molar refractivity (Wildman–Crippen MR) is 59.2 cm³/mol. The Labute approximate surface area is 91.5 Å². The number of hydrogen-bond acceptors (Lipinski definition) is 4. The summed E-state index contributed by atoms with van der Waals surface area (Å²) in [6.45, 7) is 1.60. The first-order chi connectivity index (χ1) is 6.77. The maximum absolute atomic E-state index is 11.1. The zero-order valence-electron chi connectivity index (χ0n) is 8.85. The molecule has 0 atom stereocenters. The lowest BCUT2D eigenvalue weighted by atomic mass is 10.2. The van der Waals surface area contributed by atoms with Crippen molar-refractivity contribution in [2.24, 2.45) is 0 Å². The Bertz CT molecular complexity index is 354. The minimum absolute atomic E-state index is 0.151. The van der Waals surface area contributed by atoms with Crippen molar-refractivity contribution in [2.75, 3.05) is 17.3 Å². The molecule has 0 saturated carbocycles. The monoisotopic (exact) mass is 258 g/mol. The number of rotatable bonds is 8. The van der Waals surface area contributed by atoms with Crippen LogP contribution in [0.1, 0.15) is 32.6 Å². The van der Waals surface area contributed by atoms with Crippen molar-refractivity contribution < 1.29 is 21.4 Å². The fourth-order valence-corrected chi connectivity index (χ4v) is 2.61. The van der Waals surface area contributed by atoms with E-state index in [-0.39, 0.29) is 17.3 Å². The Morgan fingerprint density at radius 1 is 0.867 bits per heavy atom. The first kappa shape index (κ1) is 14.9.